The van der Waals surface area contributed by atoms with Crippen molar-refractivity contribution in [1.29, 1.82) is 0 Å². The number of benzene rings is 2. The maximum absolute atomic E-state index is 11.7. The molecule has 1 saturated heterocycles. The van der Waals surface area contributed by atoms with Gasteiger partial charge < -0.3 is 10.6 Å². The fourth-order valence-electron chi connectivity index (χ4n) is 2.11. The summed E-state index contributed by atoms with van der Waals surface area (Å²) in [6.45, 7) is 0.764. The number of nitrogens with one attached hydrogen (secondary N) is 2. The number of hydrogen-bond acceptors (Lipinski definition) is 4. The van der Waals surface area contributed by atoms with Crippen LogP contribution < -0.4 is 10.6 Å². The largest absolute Gasteiger partial charge is 0.381 e. The summed E-state index contributed by atoms with van der Waals surface area (Å²) in [6, 6.07) is 18.2. The lowest BCUT2D eigenvalue weighted by molar-refractivity contribution is -0.115. The second-order valence-electron chi connectivity index (χ2n) is 4.82. The zero-order valence-corrected chi connectivity index (χ0v) is 13.3. The van der Waals surface area contributed by atoms with Crippen molar-refractivity contribution >= 4 is 46.0 Å². The highest BCUT2D eigenvalue weighted by atomic mass is 32.2. The van der Waals surface area contributed by atoms with E-state index in [-0.39, 0.29) is 5.91 Å². The Morgan fingerprint density at radius 3 is 2.68 bits per heavy atom. The van der Waals surface area contributed by atoms with Crippen molar-refractivity contribution in [3.05, 3.63) is 70.6 Å². The number of rotatable bonds is 4. The van der Waals surface area contributed by atoms with Gasteiger partial charge in [0.2, 0.25) is 0 Å². The van der Waals surface area contributed by atoms with Crippen molar-refractivity contribution in [2.75, 3.05) is 5.32 Å². The Morgan fingerprint density at radius 1 is 1.14 bits per heavy atom. The number of amides is 1. The average Bonchev–Trinajstić information content (AvgIpc) is 2.84. The third-order valence-corrected chi connectivity index (χ3v) is 4.33. The number of thioether (sulfide) groups is 1. The molecule has 0 bridgehead atoms. The van der Waals surface area contributed by atoms with E-state index < -0.39 is 0 Å². The van der Waals surface area contributed by atoms with Crippen LogP contribution in [0.25, 0.3) is 6.08 Å². The maximum Gasteiger partial charge on any atom is 0.263 e. The quantitative estimate of drug-likeness (QED) is 0.662. The van der Waals surface area contributed by atoms with Crippen LogP contribution >= 0.6 is 24.0 Å². The number of thiocarbonyl (C=S) groups is 1. The first-order valence-corrected chi connectivity index (χ1v) is 8.06. The van der Waals surface area contributed by atoms with Gasteiger partial charge in [0.25, 0.3) is 5.91 Å². The van der Waals surface area contributed by atoms with E-state index in [2.05, 4.69) is 22.8 Å². The standard InChI is InChI=1S/C17H14N2OS2/c20-16-15(22-17(21)19-16)10-13-7-4-8-14(9-13)18-11-12-5-2-1-3-6-12/h1-10,18H,11H2,(H,19,20,21). The third kappa shape index (κ3) is 3.75. The Labute approximate surface area is 138 Å². The minimum Gasteiger partial charge on any atom is -0.381 e. The van der Waals surface area contributed by atoms with Gasteiger partial charge in [0.15, 0.2) is 0 Å². The summed E-state index contributed by atoms with van der Waals surface area (Å²) < 4.78 is 0.509. The Hall–Kier alpha value is -2.11. The predicted octanol–water partition coefficient (Wildman–Crippen LogP) is 3.79. The van der Waals surface area contributed by atoms with Gasteiger partial charge in [0.1, 0.15) is 4.32 Å². The zero-order chi connectivity index (χ0) is 15.4. The van der Waals surface area contributed by atoms with Crippen LogP contribution in [0.2, 0.25) is 0 Å². The molecule has 1 aliphatic rings. The molecule has 0 atom stereocenters. The van der Waals surface area contributed by atoms with Crippen LogP contribution in [0.5, 0.6) is 0 Å². The molecular formula is C17H14N2OS2. The number of carbonyl (C=O) groups is 1. The number of anilines is 1. The van der Waals surface area contributed by atoms with Crippen LogP contribution in [-0.2, 0) is 11.3 Å². The van der Waals surface area contributed by atoms with E-state index in [9.17, 15) is 4.79 Å². The fourth-order valence-corrected chi connectivity index (χ4v) is 3.16. The van der Waals surface area contributed by atoms with Gasteiger partial charge in [0, 0.05) is 12.2 Å². The van der Waals surface area contributed by atoms with E-state index >= 15 is 0 Å². The van der Waals surface area contributed by atoms with E-state index in [1.54, 1.807) is 0 Å². The Morgan fingerprint density at radius 2 is 1.95 bits per heavy atom. The summed E-state index contributed by atoms with van der Waals surface area (Å²) in [5.41, 5.74) is 3.21. The lowest BCUT2D eigenvalue weighted by atomic mass is 10.1. The molecule has 0 unspecified atom stereocenters. The number of hydrogen-bond donors (Lipinski definition) is 2. The molecule has 2 N–H and O–H groups in total. The lowest BCUT2D eigenvalue weighted by Gasteiger charge is -2.07. The van der Waals surface area contributed by atoms with E-state index in [0.29, 0.717) is 9.23 Å². The van der Waals surface area contributed by atoms with E-state index in [1.807, 2.05) is 48.5 Å². The van der Waals surface area contributed by atoms with Crippen LogP contribution in [0.1, 0.15) is 11.1 Å². The second kappa shape index (κ2) is 6.77. The van der Waals surface area contributed by atoms with Crippen LogP contribution in [-0.4, -0.2) is 10.2 Å². The van der Waals surface area contributed by atoms with Crippen LogP contribution in [0.15, 0.2) is 59.5 Å². The Bertz CT molecular complexity index is 741. The molecule has 2 aromatic rings. The fraction of sp³-hybridized carbons (Fsp3) is 0.0588. The smallest absolute Gasteiger partial charge is 0.263 e. The highest BCUT2D eigenvalue weighted by Gasteiger charge is 2.21. The van der Waals surface area contributed by atoms with Gasteiger partial charge in [-0.2, -0.15) is 0 Å². The first-order valence-electron chi connectivity index (χ1n) is 6.83. The first-order chi connectivity index (χ1) is 10.7. The monoisotopic (exact) mass is 326 g/mol. The van der Waals surface area contributed by atoms with Crippen molar-refractivity contribution in [2.24, 2.45) is 0 Å². The molecule has 1 heterocycles. The Kier molecular flexibility index (Phi) is 4.56. The molecule has 2 aromatic carbocycles. The van der Waals surface area contributed by atoms with Crippen LogP contribution in [0.3, 0.4) is 0 Å². The van der Waals surface area contributed by atoms with Crippen molar-refractivity contribution in [3.63, 3.8) is 0 Å². The maximum atomic E-state index is 11.7. The summed E-state index contributed by atoms with van der Waals surface area (Å²) in [5.74, 6) is -0.127. The third-order valence-electron chi connectivity index (χ3n) is 3.17. The first kappa shape index (κ1) is 14.8. The van der Waals surface area contributed by atoms with Gasteiger partial charge in [-0.1, -0.05) is 66.4 Å². The lowest BCUT2D eigenvalue weighted by Crippen LogP contribution is -2.17. The van der Waals surface area contributed by atoms with Gasteiger partial charge in [-0.3, -0.25) is 4.79 Å². The molecule has 0 spiro atoms. The summed E-state index contributed by atoms with van der Waals surface area (Å²) >= 11 is 6.28. The summed E-state index contributed by atoms with van der Waals surface area (Å²) in [6.07, 6.45) is 1.85. The molecule has 0 saturated carbocycles. The topological polar surface area (TPSA) is 41.1 Å². The average molecular weight is 326 g/mol. The van der Waals surface area contributed by atoms with E-state index in [4.69, 9.17) is 12.2 Å². The summed E-state index contributed by atoms with van der Waals surface area (Å²) in [4.78, 5) is 12.3. The molecular weight excluding hydrogens is 312 g/mol. The molecule has 1 fully saturated rings. The van der Waals surface area contributed by atoms with E-state index in [1.165, 1.54) is 17.3 Å². The van der Waals surface area contributed by atoms with Crippen LogP contribution in [0.4, 0.5) is 5.69 Å². The van der Waals surface area contributed by atoms with Crippen molar-refractivity contribution in [1.82, 2.24) is 5.32 Å². The SMILES string of the molecule is O=C1NC(=S)SC1=Cc1cccc(NCc2ccccc2)c1. The van der Waals surface area contributed by atoms with Gasteiger partial charge in [0.05, 0.1) is 4.91 Å². The molecule has 0 radical (unpaired) electrons. The second-order valence-corrected chi connectivity index (χ2v) is 6.54. The van der Waals surface area contributed by atoms with Crippen molar-refractivity contribution in [3.8, 4) is 0 Å². The molecule has 0 aliphatic carbocycles. The zero-order valence-electron chi connectivity index (χ0n) is 11.7. The van der Waals surface area contributed by atoms with Crippen molar-refractivity contribution in [2.45, 2.75) is 6.54 Å². The molecule has 5 heteroatoms. The highest BCUT2D eigenvalue weighted by molar-refractivity contribution is 8.26. The normalized spacial score (nSPS) is 15.9. The molecule has 22 heavy (non-hydrogen) atoms. The molecule has 3 rings (SSSR count). The van der Waals surface area contributed by atoms with Gasteiger partial charge in [-0.25, -0.2) is 0 Å². The van der Waals surface area contributed by atoms with Crippen molar-refractivity contribution < 1.29 is 4.79 Å². The highest BCUT2D eigenvalue weighted by Crippen LogP contribution is 2.26. The molecule has 1 amide bonds. The van der Waals surface area contributed by atoms with E-state index in [0.717, 1.165) is 17.8 Å². The predicted molar refractivity (Wildman–Crippen MR) is 96.5 cm³/mol. The van der Waals surface area contributed by atoms with Gasteiger partial charge >= 0.3 is 0 Å². The minimum absolute atomic E-state index is 0.127. The van der Waals surface area contributed by atoms with Crippen LogP contribution in [0, 0.1) is 0 Å². The Balaban J connectivity index is 1.71. The molecule has 1 aliphatic heterocycles. The summed E-state index contributed by atoms with van der Waals surface area (Å²) in [7, 11) is 0. The van der Waals surface area contributed by atoms with Gasteiger partial charge in [-0.05, 0) is 29.3 Å². The molecule has 3 nitrogen and oxygen atoms in total. The minimum atomic E-state index is -0.127. The molecule has 110 valence electrons. The number of carbonyl (C=O) groups excluding carboxylic acids is 1. The summed E-state index contributed by atoms with van der Waals surface area (Å²) in [5, 5.41) is 6.00. The van der Waals surface area contributed by atoms with Gasteiger partial charge in [-0.15, -0.1) is 0 Å². The molecule has 0 aromatic heterocycles.